The average Bonchev–Trinajstić information content (AvgIpc) is 2.53. The Hall–Kier alpha value is -2.08. The number of thioether (sulfide) groups is 1. The minimum absolute atomic E-state index is 0.244. The Kier molecular flexibility index (Phi) is 5.98. The van der Waals surface area contributed by atoms with Gasteiger partial charge in [0.2, 0.25) is 5.91 Å². The predicted octanol–water partition coefficient (Wildman–Crippen LogP) is 4.48. The lowest BCUT2D eigenvalue weighted by molar-refractivity contribution is -0.115. The molecule has 0 saturated heterocycles. The van der Waals surface area contributed by atoms with Crippen molar-refractivity contribution in [3.05, 3.63) is 54.1 Å². The van der Waals surface area contributed by atoms with Crippen LogP contribution in [0.1, 0.15) is 13.8 Å². The molecule has 6 heteroatoms. The second-order valence-electron chi connectivity index (χ2n) is 4.75. The molecule has 0 aromatic heterocycles. The van der Waals surface area contributed by atoms with Crippen molar-refractivity contribution in [3.63, 3.8) is 0 Å². The summed E-state index contributed by atoms with van der Waals surface area (Å²) in [5, 5.41) is 2.31. The van der Waals surface area contributed by atoms with E-state index in [-0.39, 0.29) is 5.91 Å². The number of hydrogen-bond donors (Lipinski definition) is 1. The predicted molar refractivity (Wildman–Crippen MR) is 87.9 cm³/mol. The molecule has 0 saturated carbocycles. The number of anilines is 1. The number of ether oxygens (including phenoxy) is 1. The highest BCUT2D eigenvalue weighted by Gasteiger charge is 2.17. The van der Waals surface area contributed by atoms with E-state index >= 15 is 0 Å². The molecule has 2 rings (SSSR count). The highest BCUT2D eigenvalue weighted by molar-refractivity contribution is 8.00. The molecule has 2 aromatic rings. The molecule has 0 spiro atoms. The molecule has 0 fully saturated rings. The number of nitrogens with one attached hydrogen (secondary N) is 1. The zero-order valence-electron chi connectivity index (χ0n) is 12.8. The topological polar surface area (TPSA) is 38.3 Å². The zero-order valence-corrected chi connectivity index (χ0v) is 13.6. The van der Waals surface area contributed by atoms with Crippen LogP contribution in [0.3, 0.4) is 0 Å². The Labute approximate surface area is 138 Å². The maximum atomic E-state index is 13.2. The van der Waals surface area contributed by atoms with Crippen molar-refractivity contribution in [1.82, 2.24) is 0 Å². The number of para-hydroxylation sites is 2. The second-order valence-corrected chi connectivity index (χ2v) is 6.17. The third-order valence-corrected chi connectivity index (χ3v) is 4.11. The second kappa shape index (κ2) is 7.97. The number of carbonyl (C=O) groups excluding carboxylic acids is 1. The van der Waals surface area contributed by atoms with Gasteiger partial charge in [0, 0.05) is 4.90 Å². The van der Waals surface area contributed by atoms with E-state index in [1.165, 1.54) is 6.07 Å². The summed E-state index contributed by atoms with van der Waals surface area (Å²) in [6, 6.07) is 10.7. The zero-order chi connectivity index (χ0) is 16.8. The van der Waals surface area contributed by atoms with Crippen molar-refractivity contribution in [2.75, 3.05) is 11.9 Å². The minimum atomic E-state index is -0.927. The Morgan fingerprint density at radius 3 is 2.65 bits per heavy atom. The van der Waals surface area contributed by atoms with Crippen LogP contribution in [0.4, 0.5) is 14.5 Å². The summed E-state index contributed by atoms with van der Waals surface area (Å²) >= 11 is 1.15. The van der Waals surface area contributed by atoms with Gasteiger partial charge in [-0.05, 0) is 44.2 Å². The van der Waals surface area contributed by atoms with Gasteiger partial charge in [0.15, 0.2) is 11.6 Å². The number of halogens is 2. The molecule has 2 aromatic carbocycles. The Morgan fingerprint density at radius 1 is 1.22 bits per heavy atom. The SMILES string of the molecule is CCOc1ccccc1NC(=O)[C@H](C)Sc1ccc(F)c(F)c1. The third-order valence-electron chi connectivity index (χ3n) is 3.02. The van der Waals surface area contributed by atoms with Crippen molar-refractivity contribution >= 4 is 23.4 Å². The number of hydrogen-bond acceptors (Lipinski definition) is 3. The maximum absolute atomic E-state index is 13.2. The van der Waals surface area contributed by atoms with Crippen LogP contribution in [0, 0.1) is 11.6 Å². The Balaban J connectivity index is 2.04. The quantitative estimate of drug-likeness (QED) is 0.790. The molecule has 0 heterocycles. The molecule has 0 radical (unpaired) electrons. The monoisotopic (exact) mass is 337 g/mol. The van der Waals surface area contributed by atoms with E-state index in [2.05, 4.69) is 5.32 Å². The Morgan fingerprint density at radius 2 is 1.96 bits per heavy atom. The fraction of sp³-hybridized carbons (Fsp3) is 0.235. The number of benzene rings is 2. The van der Waals surface area contributed by atoms with Gasteiger partial charge in [-0.1, -0.05) is 12.1 Å². The van der Waals surface area contributed by atoms with Gasteiger partial charge in [0.25, 0.3) is 0 Å². The first-order chi connectivity index (χ1) is 11.0. The van der Waals surface area contributed by atoms with Gasteiger partial charge in [0.05, 0.1) is 17.5 Å². The molecule has 1 N–H and O–H groups in total. The van der Waals surface area contributed by atoms with Crippen LogP contribution in [0.2, 0.25) is 0 Å². The molecular formula is C17H17F2NO2S. The molecule has 0 unspecified atom stereocenters. The molecule has 0 aliphatic carbocycles. The first-order valence-corrected chi connectivity index (χ1v) is 8.03. The number of rotatable bonds is 6. The van der Waals surface area contributed by atoms with E-state index in [4.69, 9.17) is 4.74 Å². The first kappa shape index (κ1) is 17.3. The minimum Gasteiger partial charge on any atom is -0.492 e. The van der Waals surface area contributed by atoms with Crippen LogP contribution in [0.5, 0.6) is 5.75 Å². The standard InChI is InChI=1S/C17H17F2NO2S/c1-3-22-16-7-5-4-6-15(16)20-17(21)11(2)23-12-8-9-13(18)14(19)10-12/h4-11H,3H2,1-2H3,(H,20,21)/t11-/m0/s1. The van der Waals surface area contributed by atoms with E-state index in [1.54, 1.807) is 25.1 Å². The largest absolute Gasteiger partial charge is 0.492 e. The summed E-state index contributed by atoms with van der Waals surface area (Å²) in [4.78, 5) is 12.8. The lowest BCUT2D eigenvalue weighted by Crippen LogP contribution is -2.22. The molecular weight excluding hydrogens is 320 g/mol. The van der Waals surface area contributed by atoms with Gasteiger partial charge in [0.1, 0.15) is 5.75 Å². The number of carbonyl (C=O) groups is 1. The summed E-state index contributed by atoms with van der Waals surface area (Å²) in [6.07, 6.45) is 0. The van der Waals surface area contributed by atoms with Gasteiger partial charge in [-0.15, -0.1) is 11.8 Å². The first-order valence-electron chi connectivity index (χ1n) is 7.15. The summed E-state index contributed by atoms with van der Waals surface area (Å²) in [6.45, 7) is 4.05. The van der Waals surface area contributed by atoms with Crippen molar-refractivity contribution in [2.45, 2.75) is 24.0 Å². The molecule has 122 valence electrons. The van der Waals surface area contributed by atoms with Crippen molar-refractivity contribution in [3.8, 4) is 5.75 Å². The molecule has 23 heavy (non-hydrogen) atoms. The van der Waals surface area contributed by atoms with Crippen LogP contribution < -0.4 is 10.1 Å². The normalized spacial score (nSPS) is 11.8. The van der Waals surface area contributed by atoms with Crippen LogP contribution >= 0.6 is 11.8 Å². The van der Waals surface area contributed by atoms with Crippen LogP contribution in [0.25, 0.3) is 0 Å². The molecule has 0 bridgehead atoms. The van der Waals surface area contributed by atoms with Crippen molar-refractivity contribution in [1.29, 1.82) is 0 Å². The summed E-state index contributed by atoms with van der Waals surface area (Å²) in [5.74, 6) is -1.48. The average molecular weight is 337 g/mol. The summed E-state index contributed by atoms with van der Waals surface area (Å²) in [7, 11) is 0. The van der Waals surface area contributed by atoms with Gasteiger partial charge < -0.3 is 10.1 Å². The van der Waals surface area contributed by atoms with Crippen LogP contribution in [-0.4, -0.2) is 17.8 Å². The lowest BCUT2D eigenvalue weighted by Gasteiger charge is -2.15. The van der Waals surface area contributed by atoms with Gasteiger partial charge in [-0.2, -0.15) is 0 Å². The molecule has 1 amide bonds. The highest BCUT2D eigenvalue weighted by atomic mass is 32.2. The maximum Gasteiger partial charge on any atom is 0.237 e. The summed E-state index contributed by atoms with van der Waals surface area (Å²) < 4.78 is 31.6. The van der Waals surface area contributed by atoms with E-state index in [9.17, 15) is 13.6 Å². The van der Waals surface area contributed by atoms with Crippen LogP contribution in [0.15, 0.2) is 47.4 Å². The van der Waals surface area contributed by atoms with E-state index in [0.717, 1.165) is 23.9 Å². The van der Waals surface area contributed by atoms with Crippen molar-refractivity contribution in [2.24, 2.45) is 0 Å². The number of amides is 1. The van der Waals surface area contributed by atoms with Gasteiger partial charge in [-0.25, -0.2) is 8.78 Å². The highest BCUT2D eigenvalue weighted by Crippen LogP contribution is 2.28. The molecule has 0 aliphatic heterocycles. The van der Waals surface area contributed by atoms with E-state index in [1.807, 2.05) is 13.0 Å². The van der Waals surface area contributed by atoms with E-state index in [0.29, 0.717) is 22.9 Å². The third kappa shape index (κ3) is 4.69. The fourth-order valence-corrected chi connectivity index (χ4v) is 2.79. The molecule has 3 nitrogen and oxygen atoms in total. The van der Waals surface area contributed by atoms with E-state index < -0.39 is 16.9 Å². The Bertz CT molecular complexity index is 694. The molecule has 1 atom stereocenters. The van der Waals surface area contributed by atoms with Crippen molar-refractivity contribution < 1.29 is 18.3 Å². The van der Waals surface area contributed by atoms with Gasteiger partial charge >= 0.3 is 0 Å². The fourth-order valence-electron chi connectivity index (χ4n) is 1.89. The smallest absolute Gasteiger partial charge is 0.237 e. The van der Waals surface area contributed by atoms with Crippen LogP contribution in [-0.2, 0) is 4.79 Å². The molecule has 0 aliphatic rings. The van der Waals surface area contributed by atoms with Gasteiger partial charge in [-0.3, -0.25) is 4.79 Å². The lowest BCUT2D eigenvalue weighted by atomic mass is 10.3. The summed E-state index contributed by atoms with van der Waals surface area (Å²) in [5.41, 5.74) is 0.581.